The van der Waals surface area contributed by atoms with Crippen molar-refractivity contribution >= 4 is 11.6 Å². The Morgan fingerprint density at radius 3 is 2.21 bits per heavy atom. The maximum atomic E-state index is 12.8. The van der Waals surface area contributed by atoms with Gasteiger partial charge in [0.05, 0.1) is 17.7 Å². The molecule has 0 unspecified atom stereocenters. The molecule has 3 heterocycles. The summed E-state index contributed by atoms with van der Waals surface area (Å²) < 4.78 is 78.2. The first-order chi connectivity index (χ1) is 13.4. The summed E-state index contributed by atoms with van der Waals surface area (Å²) in [5, 5.41) is 9.63. The van der Waals surface area contributed by atoms with Crippen molar-refractivity contribution in [3.63, 3.8) is 0 Å². The van der Waals surface area contributed by atoms with E-state index in [1.54, 1.807) is 0 Å². The van der Waals surface area contributed by atoms with Crippen molar-refractivity contribution in [2.24, 2.45) is 0 Å². The van der Waals surface area contributed by atoms with Crippen LogP contribution in [-0.4, -0.2) is 25.1 Å². The van der Waals surface area contributed by atoms with Crippen LogP contribution < -0.4 is 10.9 Å². The summed E-state index contributed by atoms with van der Waals surface area (Å²) in [6.07, 6.45) is -8.02. The van der Waals surface area contributed by atoms with Crippen molar-refractivity contribution in [1.29, 1.82) is 0 Å². The van der Waals surface area contributed by atoms with Gasteiger partial charge in [-0.2, -0.15) is 26.3 Å². The lowest BCUT2D eigenvalue weighted by atomic mass is 10.2. The normalized spacial score (nSPS) is 12.3. The second-order valence-corrected chi connectivity index (χ2v) is 5.92. The first-order valence-corrected chi connectivity index (χ1v) is 7.90. The smallest absolute Gasteiger partial charge is 0.347 e. The van der Waals surface area contributed by atoms with E-state index in [0.717, 1.165) is 22.7 Å². The summed E-state index contributed by atoms with van der Waals surface area (Å²) >= 11 is 0. The molecule has 3 aromatic rings. The number of alkyl halides is 6. The Balaban J connectivity index is 1.74. The van der Waals surface area contributed by atoms with Crippen molar-refractivity contribution in [3.05, 3.63) is 64.0 Å². The first-order valence-electron chi connectivity index (χ1n) is 7.90. The van der Waals surface area contributed by atoms with Gasteiger partial charge in [-0.05, 0) is 18.2 Å². The zero-order valence-corrected chi connectivity index (χ0v) is 14.3. The van der Waals surface area contributed by atoms with Crippen LogP contribution in [0.15, 0.2) is 41.5 Å². The van der Waals surface area contributed by atoms with Crippen molar-refractivity contribution in [2.45, 2.75) is 25.4 Å². The van der Waals surface area contributed by atoms with E-state index in [0.29, 0.717) is 22.9 Å². The molecule has 3 aromatic heterocycles. The summed E-state index contributed by atoms with van der Waals surface area (Å²) in [6, 6.07) is 3.20. The van der Waals surface area contributed by atoms with Gasteiger partial charge in [0.2, 0.25) is 5.91 Å². The molecule has 0 atom stereocenters. The third-order valence-corrected chi connectivity index (χ3v) is 3.87. The number of fused-ring (bicyclic) bond motifs is 1. The van der Waals surface area contributed by atoms with Crippen LogP contribution in [0.2, 0.25) is 0 Å². The highest BCUT2D eigenvalue weighted by molar-refractivity contribution is 5.75. The van der Waals surface area contributed by atoms with Gasteiger partial charge in [0.15, 0.2) is 11.5 Å². The van der Waals surface area contributed by atoms with E-state index in [1.807, 2.05) is 0 Å². The fraction of sp³-hybridized carbons (Fsp3) is 0.250. The third-order valence-electron chi connectivity index (χ3n) is 3.87. The summed E-state index contributed by atoms with van der Waals surface area (Å²) in [7, 11) is 0. The Morgan fingerprint density at radius 2 is 1.55 bits per heavy atom. The molecule has 1 amide bonds. The van der Waals surface area contributed by atoms with Gasteiger partial charge in [-0.1, -0.05) is 0 Å². The van der Waals surface area contributed by atoms with Crippen LogP contribution >= 0.6 is 0 Å². The molecule has 1 N–H and O–H groups in total. The highest BCUT2D eigenvalue weighted by Gasteiger charge is 2.32. The molecule has 0 bridgehead atoms. The number of halogens is 6. The standard InChI is InChI=1S/C16H11F6N5O2/c17-15(18,19)9-2-4-14(29)26(6-9)8-13(28)23-5-12-25-24-11-3-1-10(7-27(11)12)16(20,21)22/h1-4,6-7H,5,8H2,(H,23,28). The highest BCUT2D eigenvalue weighted by Crippen LogP contribution is 2.29. The van der Waals surface area contributed by atoms with Gasteiger partial charge in [-0.25, -0.2) is 0 Å². The molecule has 13 heteroatoms. The highest BCUT2D eigenvalue weighted by atomic mass is 19.4. The van der Waals surface area contributed by atoms with E-state index in [2.05, 4.69) is 15.5 Å². The molecule has 0 saturated carbocycles. The van der Waals surface area contributed by atoms with E-state index in [1.165, 1.54) is 0 Å². The zero-order chi connectivity index (χ0) is 21.4. The molecular formula is C16H11F6N5O2. The molecular weight excluding hydrogens is 408 g/mol. The van der Waals surface area contributed by atoms with Gasteiger partial charge in [0.1, 0.15) is 6.54 Å². The van der Waals surface area contributed by atoms with Crippen molar-refractivity contribution < 1.29 is 31.1 Å². The van der Waals surface area contributed by atoms with E-state index in [9.17, 15) is 35.9 Å². The molecule has 7 nitrogen and oxygen atoms in total. The minimum atomic E-state index is -4.69. The average molecular weight is 419 g/mol. The molecule has 0 saturated heterocycles. The van der Waals surface area contributed by atoms with Crippen LogP contribution in [0.25, 0.3) is 5.65 Å². The molecule has 0 spiro atoms. The average Bonchev–Trinajstić information content (AvgIpc) is 3.02. The maximum absolute atomic E-state index is 12.8. The largest absolute Gasteiger partial charge is 0.417 e. The van der Waals surface area contributed by atoms with Crippen LogP contribution in [0.1, 0.15) is 17.0 Å². The van der Waals surface area contributed by atoms with E-state index in [4.69, 9.17) is 0 Å². The Hall–Kier alpha value is -3.38. The predicted molar refractivity (Wildman–Crippen MR) is 85.5 cm³/mol. The van der Waals surface area contributed by atoms with Crippen molar-refractivity contribution in [1.82, 2.24) is 24.5 Å². The number of nitrogens with one attached hydrogen (secondary N) is 1. The van der Waals surface area contributed by atoms with Crippen LogP contribution in [0.5, 0.6) is 0 Å². The van der Waals surface area contributed by atoms with Gasteiger partial charge in [0.25, 0.3) is 5.56 Å². The number of nitrogens with zero attached hydrogens (tertiary/aromatic N) is 4. The summed E-state index contributed by atoms with van der Waals surface area (Å²) in [5.74, 6) is -0.869. The van der Waals surface area contributed by atoms with Gasteiger partial charge < -0.3 is 9.88 Å². The van der Waals surface area contributed by atoms with Gasteiger partial charge in [-0.3, -0.25) is 14.0 Å². The quantitative estimate of drug-likeness (QED) is 0.658. The van der Waals surface area contributed by atoms with Crippen molar-refractivity contribution in [2.75, 3.05) is 0 Å². The summed E-state index contributed by atoms with van der Waals surface area (Å²) in [5.41, 5.74) is -2.77. The Morgan fingerprint density at radius 1 is 0.931 bits per heavy atom. The van der Waals surface area contributed by atoms with Crippen LogP contribution in [0.4, 0.5) is 26.3 Å². The van der Waals surface area contributed by atoms with Crippen LogP contribution in [-0.2, 0) is 30.2 Å². The number of amides is 1. The number of aromatic nitrogens is 4. The minimum Gasteiger partial charge on any atom is -0.347 e. The first kappa shape index (κ1) is 20.4. The van der Waals surface area contributed by atoms with E-state index in [-0.39, 0.29) is 18.0 Å². The van der Waals surface area contributed by atoms with Crippen molar-refractivity contribution in [3.8, 4) is 0 Å². The molecule has 0 aliphatic heterocycles. The molecule has 154 valence electrons. The number of hydrogen-bond donors (Lipinski definition) is 1. The SMILES string of the molecule is O=C(Cn1cc(C(F)(F)F)ccc1=O)NCc1nnc2ccc(C(F)(F)F)cn12. The van der Waals surface area contributed by atoms with E-state index < -0.39 is 41.5 Å². The van der Waals surface area contributed by atoms with Gasteiger partial charge in [-0.15, -0.1) is 10.2 Å². The number of carbonyl (C=O) groups is 1. The lowest BCUT2D eigenvalue weighted by molar-refractivity contribution is -0.138. The van der Waals surface area contributed by atoms with E-state index >= 15 is 0 Å². The maximum Gasteiger partial charge on any atom is 0.417 e. The monoisotopic (exact) mass is 419 g/mol. The molecule has 29 heavy (non-hydrogen) atoms. The topological polar surface area (TPSA) is 81.3 Å². The third kappa shape index (κ3) is 4.55. The second kappa shape index (κ2) is 7.22. The lowest BCUT2D eigenvalue weighted by Crippen LogP contribution is -2.32. The number of carbonyl (C=O) groups excluding carboxylic acids is 1. The van der Waals surface area contributed by atoms with Gasteiger partial charge in [0, 0.05) is 18.5 Å². The fourth-order valence-electron chi connectivity index (χ4n) is 2.44. The molecule has 0 aliphatic rings. The molecule has 0 fully saturated rings. The number of pyridine rings is 2. The molecule has 3 rings (SSSR count). The summed E-state index contributed by atoms with van der Waals surface area (Å²) in [6.45, 7) is -1.07. The fourth-order valence-corrected chi connectivity index (χ4v) is 2.44. The Labute approximate surface area is 157 Å². The number of rotatable bonds is 4. The molecule has 0 radical (unpaired) electrons. The lowest BCUT2D eigenvalue weighted by Gasteiger charge is -2.11. The van der Waals surface area contributed by atoms with Crippen LogP contribution in [0.3, 0.4) is 0 Å². The van der Waals surface area contributed by atoms with Gasteiger partial charge >= 0.3 is 12.4 Å². The number of hydrogen-bond acceptors (Lipinski definition) is 4. The second-order valence-electron chi connectivity index (χ2n) is 5.92. The van der Waals surface area contributed by atoms with Crippen LogP contribution in [0, 0.1) is 0 Å². The minimum absolute atomic E-state index is 0.0316. The molecule has 0 aliphatic carbocycles. The molecule has 0 aromatic carbocycles. The summed E-state index contributed by atoms with van der Waals surface area (Å²) in [4.78, 5) is 23.6. The Kier molecular flexibility index (Phi) is 5.07. The Bertz CT molecular complexity index is 1120. The zero-order valence-electron chi connectivity index (χ0n) is 14.3. The predicted octanol–water partition coefficient (Wildman–Crippen LogP) is 2.25.